The first-order valence-corrected chi connectivity index (χ1v) is 9.44. The highest BCUT2D eigenvalue weighted by atomic mass is 19.1. The first-order valence-electron chi connectivity index (χ1n) is 9.44. The molecule has 1 aliphatic rings. The van der Waals surface area contributed by atoms with Crippen molar-refractivity contribution in [3.8, 4) is 11.8 Å². The molecule has 0 saturated heterocycles. The van der Waals surface area contributed by atoms with E-state index in [9.17, 15) is 18.4 Å². The van der Waals surface area contributed by atoms with Crippen LogP contribution >= 0.6 is 0 Å². The van der Waals surface area contributed by atoms with Crippen LogP contribution in [-0.4, -0.2) is 46.3 Å². The van der Waals surface area contributed by atoms with Crippen LogP contribution in [0.1, 0.15) is 21.6 Å². The second kappa shape index (κ2) is 8.43. The lowest BCUT2D eigenvalue weighted by Crippen LogP contribution is -2.49. The third-order valence-electron chi connectivity index (χ3n) is 4.77. The zero-order valence-electron chi connectivity index (χ0n) is 16.7. The fourth-order valence-corrected chi connectivity index (χ4v) is 3.28. The molecule has 4 rings (SSSR count). The molecule has 1 atom stereocenters. The van der Waals surface area contributed by atoms with Gasteiger partial charge in [-0.25, -0.2) is 13.8 Å². The number of nitrogens with one attached hydrogen (secondary N) is 1. The van der Waals surface area contributed by atoms with Crippen molar-refractivity contribution in [3.63, 3.8) is 0 Å². The van der Waals surface area contributed by atoms with Crippen molar-refractivity contribution in [2.24, 2.45) is 0 Å². The van der Waals surface area contributed by atoms with Gasteiger partial charge in [-0.3, -0.25) is 19.2 Å². The number of ether oxygens (including phenoxy) is 1. The number of likely N-dealkylation sites (N-methyl/N-ethyl adjacent to an activating group) is 1. The monoisotopic (exact) mass is 438 g/mol. The van der Waals surface area contributed by atoms with E-state index in [4.69, 9.17) is 10.00 Å². The van der Waals surface area contributed by atoms with E-state index in [0.29, 0.717) is 17.1 Å². The lowest BCUT2D eigenvalue weighted by molar-refractivity contribution is -0.120. The number of hydrogen-bond acceptors (Lipinski definition) is 6. The summed E-state index contributed by atoms with van der Waals surface area (Å²) in [6.07, 6.45) is 2.48. The third-order valence-corrected chi connectivity index (χ3v) is 4.77. The molecule has 1 aliphatic heterocycles. The number of amides is 2. The predicted octanol–water partition coefficient (Wildman–Crippen LogP) is 1.63. The summed E-state index contributed by atoms with van der Waals surface area (Å²) >= 11 is 0. The Hall–Kier alpha value is -4.33. The fraction of sp³-hybridized carbons (Fsp3) is 0.190. The summed E-state index contributed by atoms with van der Waals surface area (Å²) in [4.78, 5) is 30.7. The molecule has 3 aromatic rings. The van der Waals surface area contributed by atoms with Crippen molar-refractivity contribution >= 4 is 17.6 Å². The molecule has 2 amide bonds. The minimum atomic E-state index is -1.09. The van der Waals surface area contributed by atoms with Gasteiger partial charge >= 0.3 is 0 Å². The number of nitrogens with zero attached hydrogens (tertiary/aromatic N) is 5. The topological polar surface area (TPSA) is 113 Å². The number of pyridine rings is 1. The fourth-order valence-electron chi connectivity index (χ4n) is 3.28. The van der Waals surface area contributed by atoms with Crippen molar-refractivity contribution in [1.29, 1.82) is 5.26 Å². The Balaban J connectivity index is 1.50. The van der Waals surface area contributed by atoms with E-state index in [0.717, 1.165) is 16.9 Å². The summed E-state index contributed by atoms with van der Waals surface area (Å²) in [5.41, 5.74) is -0.0513. The molecule has 0 spiro atoms. The molecule has 1 aromatic carbocycles. The molecule has 1 N–H and O–H groups in total. The van der Waals surface area contributed by atoms with Crippen LogP contribution in [0.3, 0.4) is 0 Å². The van der Waals surface area contributed by atoms with Crippen molar-refractivity contribution in [2.75, 3.05) is 18.6 Å². The van der Waals surface area contributed by atoms with Gasteiger partial charge in [0, 0.05) is 13.2 Å². The maximum Gasteiger partial charge on any atom is 0.275 e. The Morgan fingerprint density at radius 1 is 1.38 bits per heavy atom. The average Bonchev–Trinajstić information content (AvgIpc) is 3.09. The van der Waals surface area contributed by atoms with Crippen LogP contribution in [0.5, 0.6) is 5.75 Å². The molecule has 2 aromatic heterocycles. The highest BCUT2D eigenvalue weighted by molar-refractivity contribution is 6.02. The quantitative estimate of drug-likeness (QED) is 0.663. The van der Waals surface area contributed by atoms with E-state index in [2.05, 4.69) is 15.4 Å². The second-order valence-corrected chi connectivity index (χ2v) is 7.04. The summed E-state index contributed by atoms with van der Waals surface area (Å²) in [6, 6.07) is 7.73. The molecule has 32 heavy (non-hydrogen) atoms. The van der Waals surface area contributed by atoms with Gasteiger partial charge in [0.05, 0.1) is 24.4 Å². The molecular formula is C21H16F2N6O3. The molecule has 3 heterocycles. The number of aromatic nitrogens is 3. The molecule has 0 bridgehead atoms. The molecule has 0 saturated carbocycles. The van der Waals surface area contributed by atoms with Crippen molar-refractivity contribution in [3.05, 3.63) is 71.2 Å². The highest BCUT2D eigenvalue weighted by Crippen LogP contribution is 2.27. The van der Waals surface area contributed by atoms with E-state index in [-0.39, 0.29) is 18.7 Å². The molecule has 162 valence electrons. The van der Waals surface area contributed by atoms with Gasteiger partial charge in [0.15, 0.2) is 23.1 Å². The van der Waals surface area contributed by atoms with E-state index < -0.39 is 35.2 Å². The second-order valence-electron chi connectivity index (χ2n) is 7.04. The van der Waals surface area contributed by atoms with E-state index in [1.54, 1.807) is 12.1 Å². The van der Waals surface area contributed by atoms with Gasteiger partial charge in [-0.2, -0.15) is 10.4 Å². The summed E-state index contributed by atoms with van der Waals surface area (Å²) in [5, 5.41) is 15.3. The third kappa shape index (κ3) is 4.11. The summed E-state index contributed by atoms with van der Waals surface area (Å²) in [7, 11) is 1.49. The first-order chi connectivity index (χ1) is 15.4. The number of fused-ring (bicyclic) bond motifs is 1. The van der Waals surface area contributed by atoms with Gasteiger partial charge < -0.3 is 10.1 Å². The van der Waals surface area contributed by atoms with E-state index >= 15 is 0 Å². The maximum absolute atomic E-state index is 14.4. The molecule has 0 aliphatic carbocycles. The number of rotatable bonds is 4. The summed E-state index contributed by atoms with van der Waals surface area (Å²) < 4.78 is 34.7. The van der Waals surface area contributed by atoms with E-state index in [1.165, 1.54) is 30.3 Å². The number of carbonyl (C=O) groups excluding carboxylic acids is 2. The number of carbonyl (C=O) groups is 2. The van der Waals surface area contributed by atoms with Gasteiger partial charge in [0.2, 0.25) is 0 Å². The first kappa shape index (κ1) is 20.9. The van der Waals surface area contributed by atoms with Crippen LogP contribution in [0.4, 0.5) is 14.6 Å². The van der Waals surface area contributed by atoms with Gasteiger partial charge in [-0.1, -0.05) is 0 Å². The molecule has 0 fully saturated rings. The molecule has 0 unspecified atom stereocenters. The Labute approximate surface area is 180 Å². The van der Waals surface area contributed by atoms with Crippen LogP contribution < -0.4 is 15.0 Å². The van der Waals surface area contributed by atoms with Crippen LogP contribution in [-0.2, 0) is 11.3 Å². The number of anilines is 1. The smallest absolute Gasteiger partial charge is 0.275 e. The molecule has 11 heteroatoms. The maximum atomic E-state index is 14.4. The van der Waals surface area contributed by atoms with Crippen molar-refractivity contribution < 1.29 is 23.1 Å². The lowest BCUT2D eigenvalue weighted by Gasteiger charge is -2.19. The predicted molar refractivity (Wildman–Crippen MR) is 107 cm³/mol. The molecule has 0 radical (unpaired) electrons. The average molecular weight is 438 g/mol. The summed E-state index contributed by atoms with van der Waals surface area (Å²) in [6.45, 7) is -0.234. The SMILES string of the molecule is CN1C(=O)[C@@H](NC(=O)c2nn(Cc3cc(F)cc(C#N)c3)cc2F)COc2cccnc21. The zero-order chi connectivity index (χ0) is 22.8. The number of halogens is 2. The Kier molecular flexibility index (Phi) is 5.51. The Morgan fingerprint density at radius 3 is 2.97 bits per heavy atom. The van der Waals surface area contributed by atoms with Gasteiger partial charge in [-0.15, -0.1) is 0 Å². The molecular weight excluding hydrogens is 422 g/mol. The van der Waals surface area contributed by atoms with Crippen LogP contribution in [0.25, 0.3) is 0 Å². The van der Waals surface area contributed by atoms with Crippen LogP contribution in [0.15, 0.2) is 42.7 Å². The van der Waals surface area contributed by atoms with Crippen molar-refractivity contribution in [2.45, 2.75) is 12.6 Å². The van der Waals surface area contributed by atoms with Crippen LogP contribution in [0.2, 0.25) is 0 Å². The minimum absolute atomic E-state index is 0.0637. The number of benzene rings is 1. The van der Waals surface area contributed by atoms with Gasteiger partial charge in [0.1, 0.15) is 18.5 Å². The van der Waals surface area contributed by atoms with E-state index in [1.807, 2.05) is 6.07 Å². The van der Waals surface area contributed by atoms with Gasteiger partial charge in [0.25, 0.3) is 11.8 Å². The largest absolute Gasteiger partial charge is 0.487 e. The Morgan fingerprint density at radius 2 is 2.19 bits per heavy atom. The number of hydrogen-bond donors (Lipinski definition) is 1. The summed E-state index contributed by atoms with van der Waals surface area (Å²) in [5.74, 6) is -2.25. The van der Waals surface area contributed by atoms with Crippen LogP contribution in [0, 0.1) is 23.0 Å². The molecule has 9 nitrogen and oxygen atoms in total. The standard InChI is InChI=1S/C21H16F2N6O3/c1-28-19-17(3-2-4-25-19)32-11-16(21(28)31)26-20(30)18-15(23)10-29(27-18)9-13-5-12(8-24)6-14(22)7-13/h2-7,10,16H,9,11H2,1H3,(H,26,30)/t16-/m0/s1. The lowest BCUT2D eigenvalue weighted by atomic mass is 10.1. The van der Waals surface area contributed by atoms with Crippen molar-refractivity contribution in [1.82, 2.24) is 20.1 Å². The van der Waals surface area contributed by atoms with Gasteiger partial charge in [-0.05, 0) is 35.9 Å². The minimum Gasteiger partial charge on any atom is -0.487 e. The number of nitriles is 1. The Bertz CT molecular complexity index is 1250. The normalized spacial score (nSPS) is 15.4. The zero-order valence-corrected chi connectivity index (χ0v) is 16.7. The highest BCUT2D eigenvalue weighted by Gasteiger charge is 2.32.